The summed E-state index contributed by atoms with van der Waals surface area (Å²) < 4.78 is 1.72. The lowest BCUT2D eigenvalue weighted by Gasteiger charge is -2.05. The number of rotatable bonds is 3. The van der Waals surface area contributed by atoms with E-state index in [0.717, 1.165) is 17.1 Å². The molecule has 0 saturated heterocycles. The first kappa shape index (κ1) is 11.1. The van der Waals surface area contributed by atoms with Crippen molar-refractivity contribution in [2.45, 2.75) is 6.92 Å². The van der Waals surface area contributed by atoms with E-state index < -0.39 is 5.91 Å². The van der Waals surface area contributed by atoms with Crippen molar-refractivity contribution >= 4 is 17.3 Å². The standard InChI is InChI=1S/C11H13N5O/c1-7-10(6-16(2)15-7)14-8-3-4-13-9(5-8)11(12)17/h3-6H,1-2H3,(H2,12,17)(H,13,14). The summed E-state index contributed by atoms with van der Waals surface area (Å²) >= 11 is 0. The van der Waals surface area contributed by atoms with Crippen LogP contribution < -0.4 is 11.1 Å². The molecule has 88 valence electrons. The van der Waals surface area contributed by atoms with E-state index in [1.165, 1.54) is 6.20 Å². The smallest absolute Gasteiger partial charge is 0.267 e. The van der Waals surface area contributed by atoms with Crippen molar-refractivity contribution in [2.75, 3.05) is 5.32 Å². The molecule has 6 nitrogen and oxygen atoms in total. The summed E-state index contributed by atoms with van der Waals surface area (Å²) in [7, 11) is 1.85. The minimum atomic E-state index is -0.545. The van der Waals surface area contributed by atoms with Crippen molar-refractivity contribution in [3.8, 4) is 0 Å². The fourth-order valence-corrected chi connectivity index (χ4v) is 1.52. The van der Waals surface area contributed by atoms with Crippen LogP contribution in [0.4, 0.5) is 11.4 Å². The molecule has 3 N–H and O–H groups in total. The molecule has 0 aliphatic rings. The third kappa shape index (κ3) is 2.41. The Bertz CT molecular complexity index is 561. The topological polar surface area (TPSA) is 85.8 Å². The maximum absolute atomic E-state index is 11.0. The van der Waals surface area contributed by atoms with E-state index in [-0.39, 0.29) is 5.69 Å². The van der Waals surface area contributed by atoms with Gasteiger partial charge in [0.1, 0.15) is 5.69 Å². The van der Waals surface area contributed by atoms with Gasteiger partial charge in [-0.3, -0.25) is 14.5 Å². The summed E-state index contributed by atoms with van der Waals surface area (Å²) in [5.74, 6) is -0.545. The molecule has 2 heterocycles. The van der Waals surface area contributed by atoms with Crippen molar-refractivity contribution < 1.29 is 4.79 Å². The van der Waals surface area contributed by atoms with Gasteiger partial charge in [-0.25, -0.2) is 0 Å². The first-order chi connectivity index (χ1) is 8.06. The highest BCUT2D eigenvalue weighted by molar-refractivity contribution is 5.91. The minimum absolute atomic E-state index is 0.233. The van der Waals surface area contributed by atoms with Gasteiger partial charge in [-0.2, -0.15) is 5.10 Å². The lowest BCUT2D eigenvalue weighted by Crippen LogP contribution is -2.12. The number of hydrogen-bond acceptors (Lipinski definition) is 4. The Labute approximate surface area is 98.5 Å². The van der Waals surface area contributed by atoms with Gasteiger partial charge < -0.3 is 11.1 Å². The second kappa shape index (κ2) is 4.25. The van der Waals surface area contributed by atoms with E-state index in [1.807, 2.05) is 20.2 Å². The number of carbonyl (C=O) groups is 1. The van der Waals surface area contributed by atoms with E-state index in [1.54, 1.807) is 16.8 Å². The number of anilines is 2. The summed E-state index contributed by atoms with van der Waals surface area (Å²) in [6.45, 7) is 1.90. The molecular weight excluding hydrogens is 218 g/mol. The van der Waals surface area contributed by atoms with E-state index in [9.17, 15) is 4.79 Å². The van der Waals surface area contributed by atoms with Gasteiger partial charge in [0, 0.05) is 25.1 Å². The number of amides is 1. The molecular formula is C11H13N5O. The second-order valence-corrected chi connectivity index (χ2v) is 3.72. The number of hydrogen-bond donors (Lipinski definition) is 2. The van der Waals surface area contributed by atoms with Gasteiger partial charge in [-0.15, -0.1) is 0 Å². The van der Waals surface area contributed by atoms with Crippen LogP contribution in [0.25, 0.3) is 0 Å². The zero-order chi connectivity index (χ0) is 12.4. The average Bonchev–Trinajstić information content (AvgIpc) is 2.58. The zero-order valence-electron chi connectivity index (χ0n) is 9.64. The fraction of sp³-hybridized carbons (Fsp3) is 0.182. The third-order valence-electron chi connectivity index (χ3n) is 2.30. The van der Waals surface area contributed by atoms with Crippen molar-refractivity contribution in [1.29, 1.82) is 0 Å². The van der Waals surface area contributed by atoms with Crippen molar-refractivity contribution in [3.05, 3.63) is 35.9 Å². The Hall–Kier alpha value is -2.37. The third-order valence-corrected chi connectivity index (χ3v) is 2.30. The molecule has 0 radical (unpaired) electrons. The van der Waals surface area contributed by atoms with Crippen LogP contribution >= 0.6 is 0 Å². The summed E-state index contributed by atoms with van der Waals surface area (Å²) in [6.07, 6.45) is 3.40. The number of nitrogens with two attached hydrogens (primary N) is 1. The molecule has 0 spiro atoms. The number of aryl methyl sites for hydroxylation is 2. The molecule has 0 fully saturated rings. The van der Waals surface area contributed by atoms with Crippen LogP contribution in [0.2, 0.25) is 0 Å². The van der Waals surface area contributed by atoms with Crippen molar-refractivity contribution in [1.82, 2.24) is 14.8 Å². The molecule has 0 unspecified atom stereocenters. The highest BCUT2D eigenvalue weighted by Gasteiger charge is 2.06. The normalized spacial score (nSPS) is 10.2. The van der Waals surface area contributed by atoms with E-state index in [0.29, 0.717) is 0 Å². The van der Waals surface area contributed by atoms with Gasteiger partial charge in [0.25, 0.3) is 5.91 Å². The maximum atomic E-state index is 11.0. The van der Waals surface area contributed by atoms with Gasteiger partial charge in [-0.1, -0.05) is 0 Å². The van der Waals surface area contributed by atoms with Gasteiger partial charge in [0.05, 0.1) is 11.4 Å². The highest BCUT2D eigenvalue weighted by Crippen LogP contribution is 2.18. The first-order valence-electron chi connectivity index (χ1n) is 5.09. The van der Waals surface area contributed by atoms with Crippen LogP contribution in [0.5, 0.6) is 0 Å². The molecule has 1 amide bonds. The van der Waals surface area contributed by atoms with Crippen LogP contribution in [0.1, 0.15) is 16.2 Å². The van der Waals surface area contributed by atoms with Gasteiger partial charge in [-0.05, 0) is 19.1 Å². The number of nitrogens with one attached hydrogen (secondary N) is 1. The van der Waals surface area contributed by atoms with E-state index in [4.69, 9.17) is 5.73 Å². The SMILES string of the molecule is Cc1nn(C)cc1Nc1ccnc(C(N)=O)c1. The second-order valence-electron chi connectivity index (χ2n) is 3.72. The Morgan fingerprint density at radius 1 is 1.53 bits per heavy atom. The number of aromatic nitrogens is 3. The first-order valence-corrected chi connectivity index (χ1v) is 5.09. The largest absolute Gasteiger partial charge is 0.364 e. The van der Waals surface area contributed by atoms with Crippen LogP contribution in [-0.4, -0.2) is 20.7 Å². The number of carbonyl (C=O) groups excluding carboxylic acids is 1. The molecule has 2 aromatic heterocycles. The minimum Gasteiger partial charge on any atom is -0.364 e. The number of primary amides is 1. The average molecular weight is 231 g/mol. The van der Waals surface area contributed by atoms with E-state index >= 15 is 0 Å². The molecule has 6 heteroatoms. The summed E-state index contributed by atoms with van der Waals surface area (Å²) in [5, 5.41) is 7.37. The predicted molar refractivity (Wildman–Crippen MR) is 64.0 cm³/mol. The Morgan fingerprint density at radius 2 is 2.29 bits per heavy atom. The molecule has 2 aromatic rings. The monoisotopic (exact) mass is 231 g/mol. The quantitative estimate of drug-likeness (QED) is 0.824. The zero-order valence-corrected chi connectivity index (χ0v) is 9.64. The lowest BCUT2D eigenvalue weighted by atomic mass is 10.3. The fourth-order valence-electron chi connectivity index (χ4n) is 1.52. The Balaban J connectivity index is 2.27. The summed E-state index contributed by atoms with van der Waals surface area (Å²) in [5.41, 5.74) is 7.91. The van der Waals surface area contributed by atoms with Crippen molar-refractivity contribution in [2.24, 2.45) is 12.8 Å². The van der Waals surface area contributed by atoms with Gasteiger partial charge in [0.2, 0.25) is 0 Å². The molecule has 0 atom stereocenters. The maximum Gasteiger partial charge on any atom is 0.267 e. The van der Waals surface area contributed by atoms with Crippen molar-refractivity contribution in [3.63, 3.8) is 0 Å². The molecule has 17 heavy (non-hydrogen) atoms. The Kier molecular flexibility index (Phi) is 2.78. The predicted octanol–water partition coefficient (Wildman–Crippen LogP) is 0.966. The summed E-state index contributed by atoms with van der Waals surface area (Å²) in [6, 6.07) is 3.37. The van der Waals surface area contributed by atoms with E-state index in [2.05, 4.69) is 15.4 Å². The summed E-state index contributed by atoms with van der Waals surface area (Å²) in [4.78, 5) is 14.9. The lowest BCUT2D eigenvalue weighted by molar-refractivity contribution is 0.0995. The molecule has 0 aromatic carbocycles. The van der Waals surface area contributed by atoms with Crippen LogP contribution in [0.3, 0.4) is 0 Å². The molecule has 2 rings (SSSR count). The van der Waals surface area contributed by atoms with Gasteiger partial charge >= 0.3 is 0 Å². The van der Waals surface area contributed by atoms with Gasteiger partial charge in [0.15, 0.2) is 0 Å². The van der Waals surface area contributed by atoms with Crippen LogP contribution in [-0.2, 0) is 7.05 Å². The van der Waals surface area contributed by atoms with Crippen LogP contribution in [0, 0.1) is 6.92 Å². The number of pyridine rings is 1. The molecule has 0 aliphatic carbocycles. The molecule has 0 aliphatic heterocycles. The Morgan fingerprint density at radius 3 is 2.88 bits per heavy atom. The molecule has 0 bridgehead atoms. The number of nitrogens with zero attached hydrogens (tertiary/aromatic N) is 3. The van der Waals surface area contributed by atoms with Crippen LogP contribution in [0.15, 0.2) is 24.5 Å². The molecule has 0 saturated carbocycles. The highest BCUT2D eigenvalue weighted by atomic mass is 16.1.